The lowest BCUT2D eigenvalue weighted by molar-refractivity contribution is -0.127. The minimum Gasteiger partial charge on any atom is -0.396 e. The average Bonchev–Trinajstić information content (AvgIpc) is 2.97. The molecule has 0 aromatic carbocycles. The maximum atomic E-state index is 12.3. The summed E-state index contributed by atoms with van der Waals surface area (Å²) in [6, 6.07) is 0. The van der Waals surface area contributed by atoms with Gasteiger partial charge in [0, 0.05) is 38.0 Å². The second-order valence-electron chi connectivity index (χ2n) is 5.91. The average molecular weight is 265 g/mol. The van der Waals surface area contributed by atoms with Gasteiger partial charge in [-0.3, -0.25) is 4.79 Å². The highest BCUT2D eigenvalue weighted by molar-refractivity contribution is 5.85. The number of nitrogens with one attached hydrogen (secondary N) is 1. The Labute approximate surface area is 114 Å². The van der Waals surface area contributed by atoms with Crippen molar-refractivity contribution in [2.24, 2.45) is 17.3 Å². The SMILES string of the molecule is CC(C)C(CO)CNC(=O)C1(Cn2ccnc2)CC1. The number of hydrogen-bond donors (Lipinski definition) is 2. The number of hydrogen-bond acceptors (Lipinski definition) is 3. The highest BCUT2D eigenvalue weighted by Gasteiger charge is 2.49. The lowest BCUT2D eigenvalue weighted by Gasteiger charge is -2.21. The molecule has 2 N–H and O–H groups in total. The van der Waals surface area contributed by atoms with Gasteiger partial charge in [-0.1, -0.05) is 13.8 Å². The van der Waals surface area contributed by atoms with Crippen LogP contribution in [0.25, 0.3) is 0 Å². The highest BCUT2D eigenvalue weighted by Crippen LogP contribution is 2.47. The van der Waals surface area contributed by atoms with E-state index in [0.29, 0.717) is 19.0 Å². The summed E-state index contributed by atoms with van der Waals surface area (Å²) in [5.74, 6) is 0.613. The highest BCUT2D eigenvalue weighted by atomic mass is 16.3. The van der Waals surface area contributed by atoms with E-state index < -0.39 is 0 Å². The number of aromatic nitrogens is 2. The number of aliphatic hydroxyl groups excluding tert-OH is 1. The third-order valence-electron chi connectivity index (χ3n) is 4.08. The molecule has 0 saturated heterocycles. The van der Waals surface area contributed by atoms with Crippen molar-refractivity contribution in [2.45, 2.75) is 33.2 Å². The summed E-state index contributed by atoms with van der Waals surface area (Å²) < 4.78 is 1.96. The number of amides is 1. The van der Waals surface area contributed by atoms with E-state index in [1.807, 2.05) is 10.8 Å². The molecule has 1 atom stereocenters. The molecule has 1 aromatic rings. The van der Waals surface area contributed by atoms with Gasteiger partial charge in [0.1, 0.15) is 0 Å². The van der Waals surface area contributed by atoms with Crippen LogP contribution in [0, 0.1) is 17.3 Å². The summed E-state index contributed by atoms with van der Waals surface area (Å²) in [7, 11) is 0. The topological polar surface area (TPSA) is 67.2 Å². The first-order valence-corrected chi connectivity index (χ1v) is 6.92. The van der Waals surface area contributed by atoms with Crippen molar-refractivity contribution in [3.8, 4) is 0 Å². The predicted octanol–water partition coefficient (Wildman–Crippen LogP) is 1.04. The minimum absolute atomic E-state index is 0.111. The molecule has 1 saturated carbocycles. The monoisotopic (exact) mass is 265 g/mol. The largest absolute Gasteiger partial charge is 0.396 e. The van der Waals surface area contributed by atoms with Gasteiger partial charge in [-0.15, -0.1) is 0 Å². The van der Waals surface area contributed by atoms with Crippen molar-refractivity contribution in [3.05, 3.63) is 18.7 Å². The van der Waals surface area contributed by atoms with Crippen LogP contribution in [0.15, 0.2) is 18.7 Å². The Hall–Kier alpha value is -1.36. The summed E-state index contributed by atoms with van der Waals surface area (Å²) in [5.41, 5.74) is -0.252. The fraction of sp³-hybridized carbons (Fsp3) is 0.714. The smallest absolute Gasteiger partial charge is 0.228 e. The van der Waals surface area contributed by atoms with E-state index in [4.69, 9.17) is 0 Å². The van der Waals surface area contributed by atoms with E-state index in [1.54, 1.807) is 12.5 Å². The first-order valence-electron chi connectivity index (χ1n) is 6.92. The van der Waals surface area contributed by atoms with Gasteiger partial charge in [0.15, 0.2) is 0 Å². The van der Waals surface area contributed by atoms with Crippen LogP contribution in [0.4, 0.5) is 0 Å². The maximum absolute atomic E-state index is 12.3. The predicted molar refractivity (Wildman–Crippen MR) is 72.3 cm³/mol. The molecule has 1 aliphatic carbocycles. The number of aliphatic hydroxyl groups is 1. The zero-order valence-corrected chi connectivity index (χ0v) is 11.7. The molecule has 2 rings (SSSR count). The zero-order chi connectivity index (χ0) is 13.9. The Morgan fingerprint density at radius 1 is 1.53 bits per heavy atom. The molecule has 1 aromatic heterocycles. The molecule has 1 aliphatic rings. The summed E-state index contributed by atoms with van der Waals surface area (Å²) in [5, 5.41) is 12.3. The van der Waals surface area contributed by atoms with Crippen LogP contribution < -0.4 is 5.32 Å². The molecular weight excluding hydrogens is 242 g/mol. The molecule has 19 heavy (non-hydrogen) atoms. The molecule has 1 fully saturated rings. The van der Waals surface area contributed by atoms with Crippen LogP contribution in [0.2, 0.25) is 0 Å². The lowest BCUT2D eigenvalue weighted by atomic mass is 9.96. The number of nitrogens with zero attached hydrogens (tertiary/aromatic N) is 2. The summed E-state index contributed by atoms with van der Waals surface area (Å²) >= 11 is 0. The van der Waals surface area contributed by atoms with Gasteiger partial charge in [-0.05, 0) is 18.8 Å². The molecule has 1 unspecified atom stereocenters. The van der Waals surface area contributed by atoms with Crippen LogP contribution in [0.5, 0.6) is 0 Å². The summed E-state index contributed by atoms with van der Waals surface area (Å²) in [6.07, 6.45) is 7.23. The first kappa shape index (κ1) is 14.1. The van der Waals surface area contributed by atoms with Crippen molar-refractivity contribution in [1.29, 1.82) is 0 Å². The Morgan fingerprint density at radius 3 is 2.74 bits per heavy atom. The van der Waals surface area contributed by atoms with E-state index in [1.165, 1.54) is 0 Å². The third kappa shape index (κ3) is 3.35. The number of carbonyl (C=O) groups excluding carboxylic acids is 1. The Kier molecular flexibility index (Phi) is 4.24. The van der Waals surface area contributed by atoms with E-state index in [9.17, 15) is 9.90 Å². The van der Waals surface area contributed by atoms with Gasteiger partial charge >= 0.3 is 0 Å². The molecule has 1 heterocycles. The Balaban J connectivity index is 1.86. The lowest BCUT2D eigenvalue weighted by Crippen LogP contribution is -2.39. The Morgan fingerprint density at radius 2 is 2.26 bits per heavy atom. The molecule has 0 radical (unpaired) electrons. The van der Waals surface area contributed by atoms with Gasteiger partial charge in [0.05, 0.1) is 11.7 Å². The van der Waals surface area contributed by atoms with Crippen LogP contribution >= 0.6 is 0 Å². The standard InChI is InChI=1S/C14H23N3O2/c1-11(2)12(8-18)7-16-13(19)14(3-4-14)9-17-6-5-15-10-17/h5-6,10-12,18H,3-4,7-9H2,1-2H3,(H,16,19). The van der Waals surface area contributed by atoms with Crippen LogP contribution in [-0.4, -0.2) is 33.7 Å². The van der Waals surface area contributed by atoms with E-state index >= 15 is 0 Å². The second kappa shape index (κ2) is 5.74. The fourth-order valence-corrected chi connectivity index (χ4v) is 2.26. The quantitative estimate of drug-likeness (QED) is 0.774. The fourth-order valence-electron chi connectivity index (χ4n) is 2.26. The van der Waals surface area contributed by atoms with Crippen molar-refractivity contribution in [2.75, 3.05) is 13.2 Å². The molecular formula is C14H23N3O2. The molecule has 0 bridgehead atoms. The summed E-state index contributed by atoms with van der Waals surface area (Å²) in [4.78, 5) is 16.3. The van der Waals surface area contributed by atoms with E-state index in [0.717, 1.165) is 12.8 Å². The normalized spacial score (nSPS) is 18.3. The minimum atomic E-state index is -0.252. The van der Waals surface area contributed by atoms with E-state index in [-0.39, 0.29) is 23.8 Å². The first-order chi connectivity index (χ1) is 9.07. The van der Waals surface area contributed by atoms with Crippen molar-refractivity contribution < 1.29 is 9.90 Å². The zero-order valence-electron chi connectivity index (χ0n) is 11.7. The van der Waals surface area contributed by atoms with Gasteiger partial charge in [-0.25, -0.2) is 4.98 Å². The maximum Gasteiger partial charge on any atom is 0.228 e. The molecule has 0 spiro atoms. The number of carbonyl (C=O) groups is 1. The van der Waals surface area contributed by atoms with E-state index in [2.05, 4.69) is 24.1 Å². The Bertz CT molecular complexity index is 410. The van der Waals surface area contributed by atoms with Gasteiger partial charge < -0.3 is 15.0 Å². The van der Waals surface area contributed by atoms with Crippen molar-refractivity contribution in [1.82, 2.24) is 14.9 Å². The molecule has 5 nitrogen and oxygen atoms in total. The van der Waals surface area contributed by atoms with Crippen LogP contribution in [0.3, 0.4) is 0 Å². The molecule has 106 valence electrons. The number of rotatable bonds is 7. The van der Waals surface area contributed by atoms with Crippen molar-refractivity contribution >= 4 is 5.91 Å². The van der Waals surface area contributed by atoms with Gasteiger partial charge in [-0.2, -0.15) is 0 Å². The van der Waals surface area contributed by atoms with Crippen LogP contribution in [0.1, 0.15) is 26.7 Å². The molecule has 0 aliphatic heterocycles. The van der Waals surface area contributed by atoms with Gasteiger partial charge in [0.25, 0.3) is 0 Å². The third-order valence-corrected chi connectivity index (χ3v) is 4.08. The van der Waals surface area contributed by atoms with Gasteiger partial charge in [0.2, 0.25) is 5.91 Å². The number of imidazole rings is 1. The van der Waals surface area contributed by atoms with Crippen molar-refractivity contribution in [3.63, 3.8) is 0 Å². The summed E-state index contributed by atoms with van der Waals surface area (Å²) in [6.45, 7) is 5.49. The molecule has 1 amide bonds. The van der Waals surface area contributed by atoms with Crippen LogP contribution in [-0.2, 0) is 11.3 Å². The second-order valence-corrected chi connectivity index (χ2v) is 5.91. The molecule has 5 heteroatoms.